The molecule has 0 unspecified atom stereocenters. The Morgan fingerprint density at radius 1 is 1.18 bits per heavy atom. The number of amides is 2. The second kappa shape index (κ2) is 8.29. The van der Waals surface area contributed by atoms with E-state index in [9.17, 15) is 14.4 Å². The summed E-state index contributed by atoms with van der Waals surface area (Å²) in [4.78, 5) is 39.8. The van der Waals surface area contributed by atoms with Crippen LogP contribution >= 0.6 is 0 Å². The van der Waals surface area contributed by atoms with Gasteiger partial charge in [0.1, 0.15) is 5.52 Å². The zero-order valence-electron chi connectivity index (χ0n) is 16.5. The van der Waals surface area contributed by atoms with Gasteiger partial charge in [-0.3, -0.25) is 14.4 Å². The van der Waals surface area contributed by atoms with Gasteiger partial charge in [-0.1, -0.05) is 19.8 Å². The van der Waals surface area contributed by atoms with Crippen LogP contribution < -0.4 is 16.2 Å². The van der Waals surface area contributed by atoms with E-state index < -0.39 is 0 Å². The maximum absolute atomic E-state index is 12.6. The summed E-state index contributed by atoms with van der Waals surface area (Å²) in [6.07, 6.45) is 5.32. The summed E-state index contributed by atoms with van der Waals surface area (Å²) < 4.78 is 1.48. The Hall–Kier alpha value is -3.09. The summed E-state index contributed by atoms with van der Waals surface area (Å²) in [6.45, 7) is 2.10. The highest BCUT2D eigenvalue weighted by Gasteiger charge is 2.16. The molecule has 1 aromatic carbocycles. The molecule has 28 heavy (non-hydrogen) atoms. The van der Waals surface area contributed by atoms with E-state index in [0.717, 1.165) is 41.1 Å². The molecule has 0 fully saturated rings. The fourth-order valence-electron chi connectivity index (χ4n) is 3.45. The summed E-state index contributed by atoms with van der Waals surface area (Å²) in [5, 5.41) is 7.09. The first-order valence-electron chi connectivity index (χ1n) is 9.59. The van der Waals surface area contributed by atoms with Crippen LogP contribution in [0.15, 0.2) is 29.2 Å². The van der Waals surface area contributed by atoms with Crippen molar-refractivity contribution in [2.75, 3.05) is 12.4 Å². The van der Waals surface area contributed by atoms with E-state index in [2.05, 4.69) is 22.5 Å². The number of aryl methyl sites for hydroxylation is 1. The molecule has 3 aromatic rings. The molecule has 0 aliphatic rings. The molecule has 7 nitrogen and oxygen atoms in total. The lowest BCUT2D eigenvalue weighted by molar-refractivity contribution is -0.120. The number of aromatic nitrogens is 2. The summed E-state index contributed by atoms with van der Waals surface area (Å²) in [5.41, 5.74) is 2.54. The highest BCUT2D eigenvalue weighted by Crippen LogP contribution is 2.29. The van der Waals surface area contributed by atoms with Gasteiger partial charge in [-0.25, -0.2) is 0 Å². The molecule has 0 spiro atoms. The minimum Gasteiger partial charge on any atom is -0.359 e. The van der Waals surface area contributed by atoms with Gasteiger partial charge >= 0.3 is 0 Å². The maximum atomic E-state index is 12.6. The second-order valence-electron chi connectivity index (χ2n) is 7.06. The number of benzene rings is 1. The van der Waals surface area contributed by atoms with Gasteiger partial charge in [0.05, 0.1) is 6.42 Å². The third-order valence-corrected chi connectivity index (χ3v) is 4.92. The minimum absolute atomic E-state index is 0.0193. The minimum atomic E-state index is -0.156. The monoisotopic (exact) mass is 382 g/mol. The Kier molecular flexibility index (Phi) is 5.82. The Morgan fingerprint density at radius 3 is 2.68 bits per heavy atom. The average molecular weight is 382 g/mol. The molecule has 7 heteroatoms. The molecule has 0 bridgehead atoms. The van der Waals surface area contributed by atoms with Crippen LogP contribution in [0.3, 0.4) is 0 Å². The molecule has 3 N–H and O–H groups in total. The number of pyridine rings is 1. The Morgan fingerprint density at radius 2 is 1.96 bits per heavy atom. The van der Waals surface area contributed by atoms with Crippen molar-refractivity contribution in [1.29, 1.82) is 0 Å². The number of unbranched alkanes of at least 4 members (excludes halogenated alkanes) is 2. The lowest BCUT2D eigenvalue weighted by atomic mass is 10.1. The van der Waals surface area contributed by atoms with E-state index in [1.165, 1.54) is 4.57 Å². The van der Waals surface area contributed by atoms with Crippen LogP contribution in [0.2, 0.25) is 0 Å². The molecule has 0 aliphatic carbocycles. The van der Waals surface area contributed by atoms with Crippen molar-refractivity contribution in [1.82, 2.24) is 14.9 Å². The topological polar surface area (TPSA) is 96.0 Å². The zero-order chi connectivity index (χ0) is 20.3. The van der Waals surface area contributed by atoms with Crippen molar-refractivity contribution in [3.05, 3.63) is 40.3 Å². The Bertz CT molecular complexity index is 1090. The predicted molar refractivity (Wildman–Crippen MR) is 112 cm³/mol. The normalized spacial score (nSPS) is 11.1. The molecule has 3 rings (SSSR count). The fraction of sp³-hybridized carbons (Fsp3) is 0.381. The first-order chi connectivity index (χ1) is 13.4. The highest BCUT2D eigenvalue weighted by atomic mass is 16.2. The number of nitrogens with zero attached hydrogens (tertiary/aromatic N) is 1. The zero-order valence-corrected chi connectivity index (χ0v) is 16.5. The van der Waals surface area contributed by atoms with Gasteiger partial charge in [-0.2, -0.15) is 0 Å². The SMILES string of the molecule is CCCCCC(=O)Nc1ccc2[nH]c3c(=O)n(C)cc(CC(=O)NC)c3c2c1. The third-order valence-electron chi connectivity index (χ3n) is 4.92. The summed E-state index contributed by atoms with van der Waals surface area (Å²) >= 11 is 0. The quantitative estimate of drug-likeness (QED) is 0.548. The van der Waals surface area contributed by atoms with Crippen molar-refractivity contribution < 1.29 is 9.59 Å². The molecule has 2 amide bonds. The van der Waals surface area contributed by atoms with E-state index >= 15 is 0 Å². The number of H-pyrrole nitrogens is 1. The number of fused-ring (bicyclic) bond motifs is 3. The Balaban J connectivity index is 2.05. The number of hydrogen-bond acceptors (Lipinski definition) is 3. The molecule has 2 heterocycles. The van der Waals surface area contributed by atoms with Crippen LogP contribution in [0.5, 0.6) is 0 Å². The molecule has 0 saturated carbocycles. The molecule has 2 aromatic heterocycles. The highest BCUT2D eigenvalue weighted by molar-refractivity contribution is 6.11. The summed E-state index contributed by atoms with van der Waals surface area (Å²) in [6, 6.07) is 5.52. The largest absolute Gasteiger partial charge is 0.359 e. The molecular weight excluding hydrogens is 356 g/mol. The van der Waals surface area contributed by atoms with Crippen LogP contribution in [0.4, 0.5) is 5.69 Å². The number of carbonyl (C=O) groups excluding carboxylic acids is 2. The van der Waals surface area contributed by atoms with Gasteiger partial charge in [-0.05, 0) is 30.2 Å². The molecule has 0 atom stereocenters. The summed E-state index contributed by atoms with van der Waals surface area (Å²) in [7, 11) is 3.26. The number of anilines is 1. The fourth-order valence-corrected chi connectivity index (χ4v) is 3.45. The van der Waals surface area contributed by atoms with Crippen LogP contribution in [0, 0.1) is 0 Å². The van der Waals surface area contributed by atoms with E-state index in [0.29, 0.717) is 17.6 Å². The lowest BCUT2D eigenvalue weighted by Crippen LogP contribution is -2.23. The number of nitrogens with one attached hydrogen (secondary N) is 3. The number of likely N-dealkylation sites (N-methyl/N-ethyl adjacent to an activating group) is 1. The van der Waals surface area contributed by atoms with E-state index in [-0.39, 0.29) is 23.8 Å². The van der Waals surface area contributed by atoms with E-state index in [4.69, 9.17) is 0 Å². The van der Waals surface area contributed by atoms with Gasteiger partial charge in [0, 0.05) is 48.7 Å². The van der Waals surface area contributed by atoms with Gasteiger partial charge in [0.2, 0.25) is 11.8 Å². The number of carbonyl (C=O) groups is 2. The third kappa shape index (κ3) is 3.93. The van der Waals surface area contributed by atoms with Gasteiger partial charge in [0.15, 0.2) is 0 Å². The second-order valence-corrected chi connectivity index (χ2v) is 7.06. The molecule has 148 valence electrons. The predicted octanol–water partition coefficient (Wildman–Crippen LogP) is 2.83. The van der Waals surface area contributed by atoms with Gasteiger partial charge in [0.25, 0.3) is 5.56 Å². The van der Waals surface area contributed by atoms with E-state index in [1.807, 2.05) is 18.2 Å². The molecule has 0 saturated heterocycles. The van der Waals surface area contributed by atoms with Gasteiger partial charge < -0.3 is 20.2 Å². The van der Waals surface area contributed by atoms with Crippen molar-refractivity contribution >= 4 is 39.3 Å². The maximum Gasteiger partial charge on any atom is 0.274 e. The van der Waals surface area contributed by atoms with Crippen molar-refractivity contribution in [3.63, 3.8) is 0 Å². The first-order valence-corrected chi connectivity index (χ1v) is 9.59. The van der Waals surface area contributed by atoms with E-state index in [1.54, 1.807) is 20.3 Å². The number of aromatic amines is 1. The number of rotatable bonds is 7. The van der Waals surface area contributed by atoms with Crippen LogP contribution in [0.1, 0.15) is 38.2 Å². The molecular formula is C21H26N4O3. The smallest absolute Gasteiger partial charge is 0.274 e. The van der Waals surface area contributed by atoms with Crippen LogP contribution in [-0.4, -0.2) is 28.4 Å². The standard InChI is InChI=1S/C21H26N4O3/c1-4-5-6-7-17(26)23-14-8-9-16-15(11-14)19-13(10-18(27)22-2)12-25(3)21(28)20(19)24-16/h8-9,11-12,24H,4-7,10H2,1-3H3,(H,22,27)(H,23,26). The van der Waals surface area contributed by atoms with Gasteiger partial charge in [-0.15, -0.1) is 0 Å². The molecule has 0 aliphatic heterocycles. The average Bonchev–Trinajstić information content (AvgIpc) is 3.05. The van der Waals surface area contributed by atoms with Crippen molar-refractivity contribution in [3.8, 4) is 0 Å². The number of hydrogen-bond donors (Lipinski definition) is 3. The first kappa shape index (κ1) is 19.7. The Labute approximate surface area is 163 Å². The molecule has 0 radical (unpaired) electrons. The van der Waals surface area contributed by atoms with Crippen molar-refractivity contribution in [2.45, 2.75) is 39.0 Å². The van der Waals surface area contributed by atoms with Crippen LogP contribution in [0.25, 0.3) is 21.8 Å². The van der Waals surface area contributed by atoms with Crippen LogP contribution in [-0.2, 0) is 23.1 Å². The summed E-state index contributed by atoms with van der Waals surface area (Å²) in [5.74, 6) is -0.149. The lowest BCUT2D eigenvalue weighted by Gasteiger charge is -2.08. The van der Waals surface area contributed by atoms with Crippen molar-refractivity contribution in [2.24, 2.45) is 7.05 Å².